The third kappa shape index (κ3) is 6.17. The van der Waals surface area contributed by atoms with Crippen molar-refractivity contribution >= 4 is 11.8 Å². The predicted octanol–water partition coefficient (Wildman–Crippen LogP) is 1.91. The van der Waals surface area contributed by atoms with E-state index in [0.717, 1.165) is 18.8 Å². The summed E-state index contributed by atoms with van der Waals surface area (Å²) in [7, 11) is 0. The van der Waals surface area contributed by atoms with Crippen LogP contribution < -0.4 is 5.32 Å². The first-order valence-electron chi connectivity index (χ1n) is 3.67. The summed E-state index contributed by atoms with van der Waals surface area (Å²) in [5.41, 5.74) is 1.29. The number of thioether (sulfide) groups is 1. The largest absolute Gasteiger partial charge is 0.313 e. The molecule has 0 atom stereocenters. The smallest absolute Gasteiger partial charge is 0.0170 e. The van der Waals surface area contributed by atoms with Crippen molar-refractivity contribution in [3.63, 3.8) is 0 Å². The summed E-state index contributed by atoms with van der Waals surface area (Å²) in [4.78, 5) is 0. The summed E-state index contributed by atoms with van der Waals surface area (Å²) in [5.74, 6) is 1.08. The minimum Gasteiger partial charge on any atom is -0.313 e. The van der Waals surface area contributed by atoms with E-state index >= 15 is 0 Å². The zero-order valence-corrected chi connectivity index (χ0v) is 7.76. The molecule has 0 spiro atoms. The highest BCUT2D eigenvalue weighted by atomic mass is 32.2. The van der Waals surface area contributed by atoms with E-state index in [4.69, 9.17) is 0 Å². The van der Waals surface area contributed by atoms with Crippen LogP contribution in [0.5, 0.6) is 0 Å². The average molecular weight is 159 g/mol. The molecule has 0 aromatic heterocycles. The molecule has 0 amide bonds. The zero-order valence-electron chi connectivity index (χ0n) is 6.94. The highest BCUT2D eigenvalue weighted by molar-refractivity contribution is 7.98. The highest BCUT2D eigenvalue weighted by Crippen LogP contribution is 1.99. The molecule has 0 saturated carbocycles. The molecule has 0 unspecified atom stereocenters. The van der Waals surface area contributed by atoms with E-state index in [-0.39, 0.29) is 0 Å². The molecule has 0 aliphatic heterocycles. The van der Waals surface area contributed by atoms with Crippen LogP contribution in [0.25, 0.3) is 0 Å². The molecule has 0 aliphatic carbocycles. The predicted molar refractivity (Wildman–Crippen MR) is 50.7 cm³/mol. The summed E-state index contributed by atoms with van der Waals surface area (Å²) in [6.45, 7) is 8.19. The van der Waals surface area contributed by atoms with Gasteiger partial charge in [-0.05, 0) is 19.2 Å². The van der Waals surface area contributed by atoms with Crippen molar-refractivity contribution in [2.75, 3.05) is 25.1 Å². The Morgan fingerprint density at radius 3 is 2.80 bits per heavy atom. The van der Waals surface area contributed by atoms with E-state index in [2.05, 4.69) is 25.1 Å². The molecule has 60 valence electrons. The van der Waals surface area contributed by atoms with Crippen LogP contribution in [0.15, 0.2) is 12.2 Å². The Kier molecular flexibility index (Phi) is 7.20. The van der Waals surface area contributed by atoms with Crippen molar-refractivity contribution in [3.05, 3.63) is 12.2 Å². The van der Waals surface area contributed by atoms with Crippen LogP contribution >= 0.6 is 11.8 Å². The van der Waals surface area contributed by atoms with Crippen molar-refractivity contribution in [1.82, 2.24) is 5.32 Å². The second kappa shape index (κ2) is 7.16. The Morgan fingerprint density at radius 1 is 1.60 bits per heavy atom. The molecule has 0 saturated heterocycles. The van der Waals surface area contributed by atoms with Crippen molar-refractivity contribution in [2.24, 2.45) is 0 Å². The molecule has 0 aromatic carbocycles. The van der Waals surface area contributed by atoms with E-state index in [1.165, 1.54) is 12.0 Å². The third-order valence-electron chi connectivity index (χ3n) is 1.15. The third-order valence-corrected chi connectivity index (χ3v) is 1.85. The van der Waals surface area contributed by atoms with Crippen LogP contribution in [-0.2, 0) is 0 Å². The van der Waals surface area contributed by atoms with Gasteiger partial charge in [0.05, 0.1) is 0 Å². The van der Waals surface area contributed by atoms with E-state index < -0.39 is 0 Å². The van der Waals surface area contributed by atoms with Gasteiger partial charge in [0, 0.05) is 12.3 Å². The van der Waals surface area contributed by atoms with Gasteiger partial charge in [0.15, 0.2) is 0 Å². The standard InChI is InChI=1S/C8H17NS/c1-4-5-9-6-8(2)7-10-3/h9H,2,4-7H2,1,3H3. The molecular weight excluding hydrogens is 142 g/mol. The fourth-order valence-corrected chi connectivity index (χ4v) is 1.21. The van der Waals surface area contributed by atoms with Gasteiger partial charge in [-0.2, -0.15) is 11.8 Å². The Hall–Kier alpha value is 0.0500. The van der Waals surface area contributed by atoms with E-state index in [9.17, 15) is 0 Å². The van der Waals surface area contributed by atoms with Gasteiger partial charge in [-0.1, -0.05) is 19.1 Å². The highest BCUT2D eigenvalue weighted by Gasteiger charge is 1.90. The van der Waals surface area contributed by atoms with Gasteiger partial charge in [-0.25, -0.2) is 0 Å². The first kappa shape index (κ1) is 10.0. The zero-order chi connectivity index (χ0) is 7.82. The van der Waals surface area contributed by atoms with Crippen LogP contribution in [0.3, 0.4) is 0 Å². The van der Waals surface area contributed by atoms with Gasteiger partial charge in [0.25, 0.3) is 0 Å². The molecule has 10 heavy (non-hydrogen) atoms. The summed E-state index contributed by atoms with van der Waals surface area (Å²) < 4.78 is 0. The monoisotopic (exact) mass is 159 g/mol. The Balaban J connectivity index is 3.05. The van der Waals surface area contributed by atoms with Gasteiger partial charge in [-0.15, -0.1) is 0 Å². The van der Waals surface area contributed by atoms with Crippen LogP contribution in [0, 0.1) is 0 Å². The molecule has 0 aliphatic rings. The van der Waals surface area contributed by atoms with Gasteiger partial charge >= 0.3 is 0 Å². The van der Waals surface area contributed by atoms with Crippen LogP contribution in [0.1, 0.15) is 13.3 Å². The molecule has 1 N–H and O–H groups in total. The summed E-state index contributed by atoms with van der Waals surface area (Å²) in [6.07, 6.45) is 3.30. The number of hydrogen-bond acceptors (Lipinski definition) is 2. The SMILES string of the molecule is C=C(CNCCC)CSC. The molecule has 1 nitrogen and oxygen atoms in total. The van der Waals surface area contributed by atoms with Crippen LogP contribution in [0.4, 0.5) is 0 Å². The number of nitrogens with one attached hydrogen (secondary N) is 1. The Morgan fingerprint density at radius 2 is 2.30 bits per heavy atom. The lowest BCUT2D eigenvalue weighted by molar-refractivity contribution is 0.716. The lowest BCUT2D eigenvalue weighted by Gasteiger charge is -2.03. The first-order chi connectivity index (χ1) is 4.81. The van der Waals surface area contributed by atoms with Crippen LogP contribution in [0.2, 0.25) is 0 Å². The van der Waals surface area contributed by atoms with Gasteiger partial charge in [0.1, 0.15) is 0 Å². The van der Waals surface area contributed by atoms with Crippen molar-refractivity contribution < 1.29 is 0 Å². The maximum atomic E-state index is 3.93. The maximum Gasteiger partial charge on any atom is 0.0170 e. The van der Waals surface area contributed by atoms with Crippen molar-refractivity contribution in [3.8, 4) is 0 Å². The second-order valence-electron chi connectivity index (χ2n) is 2.36. The molecule has 0 aromatic rings. The van der Waals surface area contributed by atoms with Crippen molar-refractivity contribution in [1.29, 1.82) is 0 Å². The number of hydrogen-bond donors (Lipinski definition) is 1. The number of rotatable bonds is 6. The lowest BCUT2D eigenvalue weighted by atomic mass is 10.3. The Labute approximate surface area is 68.3 Å². The molecule has 0 bridgehead atoms. The quantitative estimate of drug-likeness (QED) is 0.469. The average Bonchev–Trinajstić information content (AvgIpc) is 1.89. The van der Waals surface area contributed by atoms with E-state index in [1.807, 2.05) is 11.8 Å². The van der Waals surface area contributed by atoms with Gasteiger partial charge in [-0.3, -0.25) is 0 Å². The minimum absolute atomic E-state index is 0.981. The molecule has 0 fully saturated rings. The lowest BCUT2D eigenvalue weighted by Crippen LogP contribution is -2.18. The minimum atomic E-state index is 0.981. The topological polar surface area (TPSA) is 12.0 Å². The molecule has 0 rings (SSSR count). The second-order valence-corrected chi connectivity index (χ2v) is 3.23. The van der Waals surface area contributed by atoms with Crippen LogP contribution in [-0.4, -0.2) is 25.1 Å². The van der Waals surface area contributed by atoms with E-state index in [1.54, 1.807) is 0 Å². The van der Waals surface area contributed by atoms with Crippen molar-refractivity contribution in [2.45, 2.75) is 13.3 Å². The molecule has 0 heterocycles. The van der Waals surface area contributed by atoms with Gasteiger partial charge < -0.3 is 5.32 Å². The maximum absolute atomic E-state index is 3.93. The fourth-order valence-electron chi connectivity index (χ4n) is 0.697. The van der Waals surface area contributed by atoms with E-state index in [0.29, 0.717) is 0 Å². The molecular formula is C8H17NS. The summed E-state index contributed by atoms with van der Waals surface area (Å²) in [5, 5.41) is 3.31. The first-order valence-corrected chi connectivity index (χ1v) is 5.07. The normalized spacial score (nSPS) is 9.80. The summed E-state index contributed by atoms with van der Waals surface area (Å²) in [6, 6.07) is 0. The Bertz CT molecular complexity index is 91.3. The summed E-state index contributed by atoms with van der Waals surface area (Å²) >= 11 is 1.83. The molecule has 2 heteroatoms. The van der Waals surface area contributed by atoms with Gasteiger partial charge in [0.2, 0.25) is 0 Å². The fraction of sp³-hybridized carbons (Fsp3) is 0.750. The molecule has 0 radical (unpaired) electrons.